The number of esters is 2. The van der Waals surface area contributed by atoms with E-state index in [1.165, 1.54) is 48.0 Å². The molecule has 0 aliphatic rings. The number of alkyl halides is 12. The number of ether oxygens (including phenoxy) is 5. The lowest BCUT2D eigenvalue weighted by atomic mass is 10.00. The highest BCUT2D eigenvalue weighted by atomic mass is 79.9. The van der Waals surface area contributed by atoms with Crippen molar-refractivity contribution < 1.29 is 96.2 Å². The Balaban J connectivity index is 0.000000346. The lowest BCUT2D eigenvalue weighted by Crippen LogP contribution is -2.32. The van der Waals surface area contributed by atoms with Crippen molar-refractivity contribution in [3.8, 4) is 17.6 Å². The van der Waals surface area contributed by atoms with Crippen molar-refractivity contribution in [2.24, 2.45) is 0 Å². The second kappa shape index (κ2) is 27.6. The van der Waals surface area contributed by atoms with Crippen molar-refractivity contribution in [1.29, 1.82) is 0 Å². The summed E-state index contributed by atoms with van der Waals surface area (Å²) in [5, 5.41) is 26.1. The van der Waals surface area contributed by atoms with Crippen LogP contribution < -0.4 is 25.7 Å². The van der Waals surface area contributed by atoms with Crippen molar-refractivity contribution in [2.75, 3.05) is 25.7 Å². The molecule has 0 aromatic carbocycles. The first-order valence-electron chi connectivity index (χ1n) is 21.7. The summed E-state index contributed by atoms with van der Waals surface area (Å²) >= 11 is 11.7. The average molecular weight is 1290 g/mol. The van der Waals surface area contributed by atoms with Crippen LogP contribution in [0.4, 0.5) is 64.3 Å². The number of nitrogen functional groups attached to an aromatic ring is 2. The third-order valence-electron chi connectivity index (χ3n) is 9.51. The maximum Gasteiger partial charge on any atom is 0.425 e. The van der Waals surface area contributed by atoms with E-state index in [-0.39, 0.29) is 61.9 Å². The summed E-state index contributed by atoms with van der Waals surface area (Å²) in [6.07, 6.45) is -26.0. The number of aliphatic hydroxyl groups is 2. The molecule has 0 amide bonds. The summed E-state index contributed by atoms with van der Waals surface area (Å²) in [5.41, 5.74) is 11.8. The van der Waals surface area contributed by atoms with Crippen LogP contribution in [0.25, 0.3) is 11.3 Å². The van der Waals surface area contributed by atoms with Gasteiger partial charge in [-0.15, -0.1) is 10.2 Å². The van der Waals surface area contributed by atoms with Crippen molar-refractivity contribution in [2.45, 2.75) is 116 Å². The van der Waals surface area contributed by atoms with Gasteiger partial charge >= 0.3 is 36.6 Å². The molecule has 6 N–H and O–H groups in total. The Bertz CT molecular complexity index is 2960. The van der Waals surface area contributed by atoms with Crippen LogP contribution in [0.15, 0.2) is 58.0 Å². The zero-order valence-electron chi connectivity index (χ0n) is 42.2. The summed E-state index contributed by atoms with van der Waals surface area (Å²) < 4.78 is 171. The number of aromatic nitrogens is 8. The number of fused-ring (bicyclic) bond motifs is 2. The Labute approximate surface area is 456 Å². The van der Waals surface area contributed by atoms with Crippen LogP contribution in [0.2, 0.25) is 5.15 Å². The van der Waals surface area contributed by atoms with E-state index in [2.05, 4.69) is 76.2 Å². The number of carbonyl (C=O) groups excluding carboxylic acids is 2. The third kappa shape index (κ3) is 20.2. The van der Waals surface area contributed by atoms with E-state index >= 15 is 0 Å². The maximum atomic E-state index is 12.6. The molecule has 4 atom stereocenters. The standard InChI is InChI=1S/C12H13BrF3N3O2.C12H13BrF3N3O.C10H11F3N2O3.C7H7ClN2O2.C3H5F3O/c1-6(12(14,15)16)21-8-5-4-7(11(2,3)20)9-17-10(13)18-19(8)9;1-6(2)8-4-5-9(20-7(3)12(14,15)16)19-10(8)17-11(13)18-19;1-5(10(11,12)13)18-7-4-3-6(8(14)15-7)9(16)17-2;1-12-7(11)4-2-3-5(8)10-6(4)9;1-2(7)3(4,5)6/h4-6,20H,1-3H3;4-7H,1-3H3;3-5H,1-2H3,(H2,14,15);2-3H,1H3,(H2,9,10);2,7H,1H3/t6-;7-;5-;;2-/m000.0/s1. The van der Waals surface area contributed by atoms with Gasteiger partial charge in [-0.2, -0.15) is 66.7 Å². The topological polar surface area (TPSA) is 259 Å². The molecule has 6 rings (SSSR count). The number of halogens is 15. The Hall–Kier alpha value is -6.19. The van der Waals surface area contributed by atoms with Crippen LogP contribution >= 0.6 is 43.5 Å². The Morgan fingerprint density at radius 1 is 0.590 bits per heavy atom. The fourth-order valence-corrected chi connectivity index (χ4v) is 6.04. The number of nitrogens with two attached hydrogens (primary N) is 2. The Kier molecular flexibility index (Phi) is 24.0. The third-order valence-corrected chi connectivity index (χ3v) is 10.4. The SMILES string of the molecule is CC(C)c1ccc(O[C@@H](C)C(F)(F)F)n2nc(Br)nc12.COC(=O)c1ccc(Cl)nc1N.COC(=O)c1ccc(O[C@@H](C)C(F)(F)F)nc1N.C[C@H](O)C(F)(F)F.C[C@H](Oc1ccc(C(C)(C)O)c2nc(Br)nn12)C(F)(F)F. The van der Waals surface area contributed by atoms with Gasteiger partial charge < -0.3 is 45.4 Å². The van der Waals surface area contributed by atoms with Gasteiger partial charge in [0.05, 0.1) is 19.8 Å². The molecule has 0 bridgehead atoms. The second-order valence-electron chi connectivity index (χ2n) is 16.4. The molecule has 6 aromatic rings. The van der Waals surface area contributed by atoms with Crippen LogP contribution in [0.5, 0.6) is 17.6 Å². The number of hydrogen-bond acceptors (Lipinski definition) is 17. The summed E-state index contributed by atoms with van der Waals surface area (Å²) in [5.74, 6) is -1.67. The van der Waals surface area contributed by atoms with E-state index < -0.39 is 66.7 Å². The minimum atomic E-state index is -4.50. The zero-order chi connectivity index (χ0) is 60.2. The summed E-state index contributed by atoms with van der Waals surface area (Å²) in [6.45, 7) is 10.4. The van der Waals surface area contributed by atoms with Gasteiger partial charge in [-0.1, -0.05) is 25.4 Å². The van der Waals surface area contributed by atoms with Crippen molar-refractivity contribution >= 4 is 78.3 Å². The van der Waals surface area contributed by atoms with Gasteiger partial charge in [0.25, 0.3) is 0 Å². The van der Waals surface area contributed by atoms with Crippen LogP contribution in [0.3, 0.4) is 0 Å². The van der Waals surface area contributed by atoms with E-state index in [0.717, 1.165) is 44.0 Å². The molecule has 34 heteroatoms. The van der Waals surface area contributed by atoms with E-state index in [1.54, 1.807) is 19.9 Å². The van der Waals surface area contributed by atoms with Crippen LogP contribution in [-0.2, 0) is 15.1 Å². The van der Waals surface area contributed by atoms with Crippen molar-refractivity contribution in [3.05, 3.63) is 85.4 Å². The molecule has 0 saturated heterocycles. The quantitative estimate of drug-likeness (QED) is 0.0565. The van der Waals surface area contributed by atoms with E-state index in [4.69, 9.17) is 37.6 Å². The summed E-state index contributed by atoms with van der Waals surface area (Å²) in [7, 11) is 2.42. The number of carbonyl (C=O) groups is 2. The molecule has 0 aliphatic carbocycles. The number of nitrogens with zero attached hydrogens (tertiary/aromatic N) is 8. The maximum absolute atomic E-state index is 12.6. The van der Waals surface area contributed by atoms with Crippen molar-refractivity contribution in [3.63, 3.8) is 0 Å². The number of anilines is 2. The van der Waals surface area contributed by atoms with Gasteiger partial charge in [0.1, 0.15) is 34.0 Å². The monoisotopic (exact) mass is 1280 g/mol. The predicted octanol–water partition coefficient (Wildman–Crippen LogP) is 10.8. The van der Waals surface area contributed by atoms with Gasteiger partial charge in [-0.25, -0.2) is 24.5 Å². The molecule has 0 fully saturated rings. The van der Waals surface area contributed by atoms with Gasteiger partial charge in [-0.05, 0) is 115 Å². The van der Waals surface area contributed by atoms with Gasteiger partial charge in [-0.3, -0.25) is 0 Å². The highest BCUT2D eigenvalue weighted by Crippen LogP contribution is 2.32. The van der Waals surface area contributed by atoms with E-state index in [1.807, 2.05) is 13.8 Å². The largest absolute Gasteiger partial charge is 0.465 e. The smallest absolute Gasteiger partial charge is 0.425 e. The molecule has 434 valence electrons. The predicted molar refractivity (Wildman–Crippen MR) is 262 cm³/mol. The van der Waals surface area contributed by atoms with Crippen molar-refractivity contribution in [1.82, 2.24) is 39.2 Å². The zero-order valence-corrected chi connectivity index (χ0v) is 46.1. The molecule has 78 heavy (non-hydrogen) atoms. The molecule has 19 nitrogen and oxygen atoms in total. The summed E-state index contributed by atoms with van der Waals surface area (Å²) in [6, 6.07) is 11.2. The number of aliphatic hydroxyl groups excluding tert-OH is 1. The molecule has 6 aromatic heterocycles. The van der Waals surface area contributed by atoms with Crippen LogP contribution in [0.1, 0.15) is 93.2 Å². The minimum absolute atomic E-state index is 0.00688. The number of pyridine rings is 4. The highest BCUT2D eigenvalue weighted by molar-refractivity contribution is 9.10. The normalized spacial score (nSPS) is 13.4. The summed E-state index contributed by atoms with van der Waals surface area (Å²) in [4.78, 5) is 37.6. The van der Waals surface area contributed by atoms with E-state index in [0.29, 0.717) is 22.9 Å². The van der Waals surface area contributed by atoms with Gasteiger partial charge in [0, 0.05) is 23.8 Å². The molecule has 0 spiro atoms. The van der Waals surface area contributed by atoms with Crippen LogP contribution in [0, 0.1) is 0 Å². The number of hydrogen-bond donors (Lipinski definition) is 4. The molecular formula is C44H49Br2ClF12N10O9. The number of methoxy groups -OCH3 is 2. The second-order valence-corrected chi connectivity index (χ2v) is 18.2. The first kappa shape index (κ1) is 67.9. The van der Waals surface area contributed by atoms with Crippen LogP contribution in [-0.4, -0.2) is 125 Å². The molecule has 0 aliphatic heterocycles. The minimum Gasteiger partial charge on any atom is -0.465 e. The lowest BCUT2D eigenvalue weighted by Gasteiger charge is -2.21. The fourth-order valence-electron chi connectivity index (χ4n) is 5.24. The molecule has 0 unspecified atom stereocenters. The lowest BCUT2D eigenvalue weighted by molar-refractivity contribution is -0.197. The van der Waals surface area contributed by atoms with Gasteiger partial charge in [0.15, 0.2) is 29.6 Å². The first-order chi connectivity index (χ1) is 35.5. The highest BCUT2D eigenvalue weighted by Gasteiger charge is 2.41. The molecular weight excluding hydrogens is 1240 g/mol. The molecule has 6 heterocycles. The average Bonchev–Trinajstić information content (AvgIpc) is 3.90. The number of rotatable bonds is 10. The Morgan fingerprint density at radius 3 is 1.35 bits per heavy atom. The first-order valence-corrected chi connectivity index (χ1v) is 23.6. The van der Waals surface area contributed by atoms with Gasteiger partial charge in [0.2, 0.25) is 27.1 Å². The molecule has 0 saturated carbocycles. The Morgan fingerprint density at radius 2 is 0.974 bits per heavy atom. The fraction of sp³-hybridized carbons (Fsp3) is 0.455. The molecule has 0 radical (unpaired) electrons. The van der Waals surface area contributed by atoms with E-state index in [9.17, 15) is 67.4 Å².